The molecule has 5 N–H and O–H groups in total. The predicted octanol–water partition coefficient (Wildman–Crippen LogP) is 4.88. The van der Waals surface area contributed by atoms with Gasteiger partial charge in [0.25, 0.3) is 0 Å². The monoisotopic (exact) mass is 793 g/mol. The number of likely N-dealkylation sites (tertiary alicyclic amines) is 2. The fraction of sp³-hybridized carbons (Fsp3) is 0.767. The molecule has 3 aliphatic rings. The van der Waals surface area contributed by atoms with Gasteiger partial charge in [0.05, 0.1) is 43.5 Å². The summed E-state index contributed by atoms with van der Waals surface area (Å²) in [6.07, 6.45) is 10.4. The number of nitrogens with two attached hydrogens (primary N) is 1. The number of hydrogen-bond acceptors (Lipinski definition) is 9. The van der Waals surface area contributed by atoms with Gasteiger partial charge in [-0.05, 0) is 82.4 Å². The van der Waals surface area contributed by atoms with Crippen LogP contribution in [0.2, 0.25) is 0 Å². The average Bonchev–Trinajstić information content (AvgIpc) is 3.94. The van der Waals surface area contributed by atoms with E-state index in [2.05, 4.69) is 64.0 Å². The van der Waals surface area contributed by atoms with Crippen molar-refractivity contribution < 1.29 is 33.8 Å². The van der Waals surface area contributed by atoms with Gasteiger partial charge in [-0.1, -0.05) is 79.0 Å². The molecule has 1 saturated carbocycles. The standard InChI is InChI=1S/C20H37N3O3.C10H19NO2.C7H9N.C3H7NO2.C3H8/c1-7-13(3)18(16(8-2)26-6)23(5)17(24)12-21-20(25)19-14-9-10-15(11-14)22(19)4;1-8(2)10(13-3)9-5-4-6-11(9)7-12;1-6-2-4-7(8)5-3-6;5-2-1-4-3-6;1-3-2/h13-16,18-19H,7-12H2,1-6H3,(H,21,25);7-10H,4-6H2,1-3H3;2-5H,8H2,1H3;3,5H,1-2H2,(H,4,6);3H2,1-2H3. The Kier molecular flexibility index (Phi) is 28.2. The molecule has 0 radical (unpaired) electrons. The number of aliphatic hydroxyl groups excluding tert-OH is 1. The number of rotatable bonds is 16. The fourth-order valence-corrected chi connectivity index (χ4v) is 7.81. The van der Waals surface area contributed by atoms with Crippen LogP contribution >= 0.6 is 0 Å². The van der Waals surface area contributed by atoms with E-state index in [-0.39, 0.29) is 49.3 Å². The predicted molar refractivity (Wildman–Crippen MR) is 227 cm³/mol. The van der Waals surface area contributed by atoms with E-state index >= 15 is 0 Å². The summed E-state index contributed by atoms with van der Waals surface area (Å²) in [7, 11) is 7.29. The number of benzene rings is 1. The van der Waals surface area contributed by atoms with E-state index in [9.17, 15) is 19.2 Å². The molecule has 3 fully saturated rings. The molecule has 13 nitrogen and oxygen atoms in total. The van der Waals surface area contributed by atoms with E-state index in [1.807, 2.05) is 50.2 Å². The summed E-state index contributed by atoms with van der Waals surface area (Å²) in [6.45, 7) is 18.2. The second-order valence-electron chi connectivity index (χ2n) is 15.5. The Hall–Kier alpha value is -3.26. The first-order chi connectivity index (χ1) is 26.7. The number of carbonyl (C=O) groups excluding carboxylic acids is 4. The number of hydrogen-bond donors (Lipinski definition) is 4. The lowest BCUT2D eigenvalue weighted by atomic mass is 9.91. The van der Waals surface area contributed by atoms with Gasteiger partial charge in [-0.2, -0.15) is 0 Å². The Morgan fingerprint density at radius 2 is 1.64 bits per heavy atom. The fourth-order valence-electron chi connectivity index (χ4n) is 7.81. The topological polar surface area (TPSA) is 167 Å². The Balaban J connectivity index is 0.000000829. The van der Waals surface area contributed by atoms with Crippen molar-refractivity contribution in [2.24, 2.45) is 17.8 Å². The number of anilines is 1. The molecular formula is C43H80N6O7. The zero-order chi connectivity index (χ0) is 42.8. The molecule has 1 aromatic carbocycles. The van der Waals surface area contributed by atoms with Crippen LogP contribution in [-0.4, -0.2) is 135 Å². The van der Waals surface area contributed by atoms with Crippen molar-refractivity contribution in [3.8, 4) is 0 Å². The maximum Gasteiger partial charge on any atom is 0.242 e. The third-order valence-electron chi connectivity index (χ3n) is 10.9. The zero-order valence-corrected chi connectivity index (χ0v) is 37.0. The molecule has 1 aromatic rings. The second kappa shape index (κ2) is 29.9. The number of likely N-dealkylation sites (N-methyl/N-ethyl adjacent to an activating group) is 2. The van der Waals surface area contributed by atoms with Crippen LogP contribution in [0.5, 0.6) is 0 Å². The van der Waals surface area contributed by atoms with E-state index < -0.39 is 0 Å². The minimum absolute atomic E-state index is 0.000299. The van der Waals surface area contributed by atoms with Crippen LogP contribution in [0.25, 0.3) is 0 Å². The number of carbonyl (C=O) groups is 4. The van der Waals surface area contributed by atoms with Crippen molar-refractivity contribution in [1.82, 2.24) is 25.3 Å². The molecule has 1 aliphatic carbocycles. The molecule has 324 valence electrons. The molecule has 2 heterocycles. The minimum Gasteiger partial charge on any atom is -0.399 e. The van der Waals surface area contributed by atoms with Crippen molar-refractivity contribution in [3.05, 3.63) is 29.8 Å². The summed E-state index contributed by atoms with van der Waals surface area (Å²) in [5, 5.41) is 13.1. The van der Waals surface area contributed by atoms with Crippen LogP contribution in [0.4, 0.5) is 5.69 Å². The van der Waals surface area contributed by atoms with Gasteiger partial charge < -0.3 is 40.7 Å². The van der Waals surface area contributed by atoms with Gasteiger partial charge in [0, 0.05) is 46.1 Å². The highest BCUT2D eigenvalue weighted by Crippen LogP contribution is 2.41. The van der Waals surface area contributed by atoms with Crippen molar-refractivity contribution in [1.29, 1.82) is 0 Å². The lowest BCUT2D eigenvalue weighted by molar-refractivity contribution is -0.138. The van der Waals surface area contributed by atoms with Crippen molar-refractivity contribution >= 4 is 30.3 Å². The molecule has 4 rings (SSSR count). The van der Waals surface area contributed by atoms with Gasteiger partial charge in [-0.3, -0.25) is 24.1 Å². The maximum atomic E-state index is 12.7. The summed E-state index contributed by atoms with van der Waals surface area (Å²) in [5.74, 6) is 1.20. The van der Waals surface area contributed by atoms with Crippen LogP contribution in [0, 0.1) is 24.7 Å². The van der Waals surface area contributed by atoms with E-state index in [0.717, 1.165) is 57.2 Å². The van der Waals surface area contributed by atoms with Crippen molar-refractivity contribution in [2.45, 2.75) is 143 Å². The normalized spacial score (nSPS) is 21.6. The molecule has 0 spiro atoms. The SMILES string of the molecule is CCC.CCC(C)C(C(CC)OC)N(C)C(=O)CNC(=O)C1C2CCC(C2)N1C.COC(C(C)C)C1CCCN1C=O.Cc1ccc(N)cc1.O=CNCCO. The number of nitrogens with zero attached hydrogens (tertiary/aromatic N) is 3. The molecule has 4 amide bonds. The lowest BCUT2D eigenvalue weighted by Crippen LogP contribution is -2.54. The van der Waals surface area contributed by atoms with E-state index in [0.29, 0.717) is 42.8 Å². The number of ether oxygens (including phenoxy) is 2. The van der Waals surface area contributed by atoms with Crippen LogP contribution in [-0.2, 0) is 28.7 Å². The maximum absolute atomic E-state index is 12.7. The Morgan fingerprint density at radius 3 is 2.05 bits per heavy atom. The molecule has 2 aliphatic heterocycles. The van der Waals surface area contributed by atoms with E-state index in [1.165, 1.54) is 18.4 Å². The third kappa shape index (κ3) is 17.9. The first kappa shape index (κ1) is 52.7. The average molecular weight is 793 g/mol. The highest BCUT2D eigenvalue weighted by molar-refractivity contribution is 5.88. The van der Waals surface area contributed by atoms with Gasteiger partial charge in [0.1, 0.15) is 0 Å². The Morgan fingerprint density at radius 1 is 1.02 bits per heavy atom. The third-order valence-corrected chi connectivity index (χ3v) is 10.9. The second-order valence-corrected chi connectivity index (χ2v) is 15.5. The van der Waals surface area contributed by atoms with Gasteiger partial charge in [0.15, 0.2) is 0 Å². The number of nitrogens with one attached hydrogen (secondary N) is 2. The number of nitrogen functional groups attached to an aromatic ring is 1. The van der Waals surface area contributed by atoms with Crippen molar-refractivity contribution in [2.75, 3.05) is 60.3 Å². The molecule has 8 unspecified atom stereocenters. The smallest absolute Gasteiger partial charge is 0.242 e. The van der Waals surface area contributed by atoms with Crippen LogP contribution in [0.3, 0.4) is 0 Å². The highest BCUT2D eigenvalue weighted by Gasteiger charge is 2.47. The molecular weight excluding hydrogens is 713 g/mol. The molecule has 8 atom stereocenters. The summed E-state index contributed by atoms with van der Waals surface area (Å²) in [6, 6.07) is 8.57. The van der Waals surface area contributed by atoms with Crippen LogP contribution in [0.1, 0.15) is 105 Å². The molecule has 0 aromatic heterocycles. The van der Waals surface area contributed by atoms with Crippen LogP contribution in [0.15, 0.2) is 24.3 Å². The Labute approximate surface area is 339 Å². The number of aryl methyl sites for hydroxylation is 1. The number of fused-ring (bicyclic) bond motifs is 2. The molecule has 56 heavy (non-hydrogen) atoms. The zero-order valence-electron chi connectivity index (χ0n) is 37.0. The van der Waals surface area contributed by atoms with Gasteiger partial charge in [-0.15, -0.1) is 0 Å². The first-order valence-electron chi connectivity index (χ1n) is 20.8. The van der Waals surface area contributed by atoms with Gasteiger partial charge in [0.2, 0.25) is 24.6 Å². The van der Waals surface area contributed by atoms with Crippen LogP contribution < -0.4 is 16.4 Å². The largest absolute Gasteiger partial charge is 0.399 e. The molecule has 2 saturated heterocycles. The van der Waals surface area contributed by atoms with Gasteiger partial charge in [-0.25, -0.2) is 0 Å². The lowest BCUT2D eigenvalue weighted by Gasteiger charge is -2.37. The number of methoxy groups -OCH3 is 2. The number of piperidine rings is 1. The quantitative estimate of drug-likeness (QED) is 0.104. The summed E-state index contributed by atoms with van der Waals surface area (Å²) >= 11 is 0. The summed E-state index contributed by atoms with van der Waals surface area (Å²) < 4.78 is 11.0. The number of aliphatic hydroxyl groups is 1. The molecule has 13 heteroatoms. The highest BCUT2D eigenvalue weighted by atomic mass is 16.5. The first-order valence-corrected chi connectivity index (χ1v) is 20.8. The molecule has 2 bridgehead atoms. The van der Waals surface area contributed by atoms with Gasteiger partial charge >= 0.3 is 0 Å². The van der Waals surface area contributed by atoms with E-state index in [1.54, 1.807) is 19.1 Å². The van der Waals surface area contributed by atoms with E-state index in [4.69, 9.17) is 20.3 Å². The van der Waals surface area contributed by atoms with Crippen molar-refractivity contribution in [3.63, 3.8) is 0 Å². The number of amides is 4. The minimum atomic E-state index is -0.0698. The summed E-state index contributed by atoms with van der Waals surface area (Å²) in [5.41, 5.74) is 7.51. The Bertz CT molecular complexity index is 1180. The summed E-state index contributed by atoms with van der Waals surface area (Å²) in [4.78, 5) is 51.3.